The Balaban J connectivity index is 2.86. The molecular formula is C15H11ClF2N2O2. The number of halogens is 3. The molecule has 0 radical (unpaired) electrons. The fraction of sp³-hybridized carbons (Fsp3) is 0.200. The number of rotatable bonds is 3. The van der Waals surface area contributed by atoms with Crippen molar-refractivity contribution >= 4 is 11.6 Å². The van der Waals surface area contributed by atoms with E-state index in [9.17, 15) is 13.9 Å². The second-order valence-corrected chi connectivity index (χ2v) is 4.91. The number of hydrogen-bond donors (Lipinski definition) is 1. The molecule has 0 aliphatic rings. The Kier molecular flexibility index (Phi) is 4.59. The number of hydrogen-bond acceptors (Lipinski definition) is 4. The number of pyridine rings is 1. The van der Waals surface area contributed by atoms with Crippen LogP contribution in [0.3, 0.4) is 0 Å². The molecule has 0 aliphatic heterocycles. The van der Waals surface area contributed by atoms with Crippen molar-refractivity contribution < 1.29 is 18.6 Å². The predicted octanol–water partition coefficient (Wildman–Crippen LogP) is 3.61. The van der Waals surface area contributed by atoms with Crippen molar-refractivity contribution in [3.05, 3.63) is 46.2 Å². The van der Waals surface area contributed by atoms with Crippen molar-refractivity contribution in [2.45, 2.75) is 13.0 Å². The van der Waals surface area contributed by atoms with Crippen LogP contribution in [0, 0.1) is 23.0 Å². The van der Waals surface area contributed by atoms with Gasteiger partial charge in [-0.1, -0.05) is 11.6 Å². The van der Waals surface area contributed by atoms with Crippen molar-refractivity contribution in [3.63, 3.8) is 0 Å². The van der Waals surface area contributed by atoms with Crippen LogP contribution in [0.15, 0.2) is 18.5 Å². The Labute approximate surface area is 130 Å². The van der Waals surface area contributed by atoms with E-state index in [4.69, 9.17) is 21.6 Å². The molecule has 1 aromatic carbocycles. The molecule has 1 heterocycles. The number of methoxy groups -OCH3 is 1. The molecule has 7 heteroatoms. The molecule has 2 rings (SSSR count). The molecule has 114 valence electrons. The summed E-state index contributed by atoms with van der Waals surface area (Å²) in [7, 11) is 1.17. The fourth-order valence-corrected chi connectivity index (χ4v) is 2.52. The minimum absolute atomic E-state index is 0.000268. The van der Waals surface area contributed by atoms with Crippen molar-refractivity contribution in [2.24, 2.45) is 0 Å². The lowest BCUT2D eigenvalue weighted by Crippen LogP contribution is -2.03. The molecule has 1 aromatic heterocycles. The number of nitriles is 1. The van der Waals surface area contributed by atoms with Crippen LogP contribution in [-0.4, -0.2) is 17.2 Å². The van der Waals surface area contributed by atoms with Gasteiger partial charge in [-0.2, -0.15) is 5.26 Å². The average Bonchev–Trinajstić information content (AvgIpc) is 2.46. The van der Waals surface area contributed by atoms with E-state index < -0.39 is 23.3 Å². The molecule has 0 bridgehead atoms. The van der Waals surface area contributed by atoms with E-state index in [2.05, 4.69) is 4.98 Å². The summed E-state index contributed by atoms with van der Waals surface area (Å²) in [5.41, 5.74) is -0.585. The molecule has 2 aromatic rings. The molecule has 1 atom stereocenters. The smallest absolute Gasteiger partial charge is 0.177 e. The summed E-state index contributed by atoms with van der Waals surface area (Å²) in [5, 5.41) is 18.8. The quantitative estimate of drug-likeness (QED) is 0.936. The number of ether oxygens (including phenoxy) is 1. The highest BCUT2D eigenvalue weighted by Gasteiger charge is 2.25. The molecular weight excluding hydrogens is 314 g/mol. The van der Waals surface area contributed by atoms with Crippen LogP contribution >= 0.6 is 11.6 Å². The van der Waals surface area contributed by atoms with Gasteiger partial charge >= 0.3 is 0 Å². The maximum absolute atomic E-state index is 14.6. The molecule has 22 heavy (non-hydrogen) atoms. The van der Waals surface area contributed by atoms with Gasteiger partial charge in [-0.05, 0) is 13.0 Å². The van der Waals surface area contributed by atoms with Crippen LogP contribution in [0.1, 0.15) is 24.2 Å². The van der Waals surface area contributed by atoms with Gasteiger partial charge in [-0.3, -0.25) is 4.98 Å². The van der Waals surface area contributed by atoms with Crippen LogP contribution in [0.2, 0.25) is 5.02 Å². The maximum Gasteiger partial charge on any atom is 0.177 e. The minimum Gasteiger partial charge on any atom is -0.492 e. The normalized spacial score (nSPS) is 11.9. The predicted molar refractivity (Wildman–Crippen MR) is 76.5 cm³/mol. The molecule has 0 saturated carbocycles. The van der Waals surface area contributed by atoms with Crippen LogP contribution in [0.5, 0.6) is 5.75 Å². The number of aliphatic hydroxyl groups excluding tert-OH is 1. The Morgan fingerprint density at radius 2 is 2.09 bits per heavy atom. The zero-order valence-electron chi connectivity index (χ0n) is 11.7. The number of nitrogens with zero attached hydrogens (tertiary/aromatic N) is 2. The van der Waals surface area contributed by atoms with Gasteiger partial charge in [0, 0.05) is 23.5 Å². The van der Waals surface area contributed by atoms with E-state index in [0.717, 1.165) is 6.07 Å². The Hall–Kier alpha value is -2.23. The van der Waals surface area contributed by atoms with Crippen molar-refractivity contribution in [3.8, 4) is 22.9 Å². The lowest BCUT2D eigenvalue weighted by atomic mass is 9.96. The van der Waals surface area contributed by atoms with Crippen LogP contribution in [0.25, 0.3) is 11.1 Å². The second kappa shape index (κ2) is 6.26. The highest BCUT2D eigenvalue weighted by atomic mass is 35.5. The van der Waals surface area contributed by atoms with E-state index in [1.54, 1.807) is 6.07 Å². The molecule has 1 unspecified atom stereocenters. The summed E-state index contributed by atoms with van der Waals surface area (Å²) >= 11 is 5.96. The summed E-state index contributed by atoms with van der Waals surface area (Å²) in [5.74, 6) is -2.40. The van der Waals surface area contributed by atoms with Gasteiger partial charge in [0.05, 0.1) is 29.4 Å². The number of benzene rings is 1. The van der Waals surface area contributed by atoms with Crippen molar-refractivity contribution in [2.75, 3.05) is 7.11 Å². The molecule has 4 nitrogen and oxygen atoms in total. The SMILES string of the molecule is COc1c(C#N)cc(F)c(-c2cncc(Cl)c2C(C)O)c1F. The number of aromatic nitrogens is 1. The first-order chi connectivity index (χ1) is 10.4. The van der Waals surface area contributed by atoms with E-state index in [0.29, 0.717) is 0 Å². The highest BCUT2D eigenvalue weighted by molar-refractivity contribution is 6.31. The molecule has 0 aliphatic carbocycles. The molecule has 0 saturated heterocycles. The van der Waals surface area contributed by atoms with E-state index in [1.807, 2.05) is 0 Å². The van der Waals surface area contributed by atoms with Crippen molar-refractivity contribution in [1.82, 2.24) is 4.98 Å². The van der Waals surface area contributed by atoms with Gasteiger partial charge in [0.25, 0.3) is 0 Å². The summed E-state index contributed by atoms with van der Waals surface area (Å²) in [6.07, 6.45) is 1.40. The largest absolute Gasteiger partial charge is 0.492 e. The van der Waals surface area contributed by atoms with Gasteiger partial charge < -0.3 is 9.84 Å². The van der Waals surface area contributed by atoms with Gasteiger partial charge in [-0.25, -0.2) is 8.78 Å². The summed E-state index contributed by atoms with van der Waals surface area (Å²) in [6, 6.07) is 2.52. The second-order valence-electron chi connectivity index (χ2n) is 4.50. The zero-order chi connectivity index (χ0) is 16.4. The molecule has 1 N–H and O–H groups in total. The van der Waals surface area contributed by atoms with Gasteiger partial charge in [0.15, 0.2) is 11.6 Å². The highest BCUT2D eigenvalue weighted by Crippen LogP contribution is 2.39. The lowest BCUT2D eigenvalue weighted by molar-refractivity contribution is 0.200. The molecule has 0 fully saturated rings. The number of aliphatic hydroxyl groups is 1. The third-order valence-corrected chi connectivity index (χ3v) is 3.43. The maximum atomic E-state index is 14.6. The van der Waals surface area contributed by atoms with Crippen LogP contribution < -0.4 is 4.74 Å². The Morgan fingerprint density at radius 3 is 2.64 bits per heavy atom. The average molecular weight is 325 g/mol. The molecule has 0 amide bonds. The van der Waals surface area contributed by atoms with E-state index >= 15 is 0 Å². The first-order valence-corrected chi connectivity index (χ1v) is 6.58. The van der Waals surface area contributed by atoms with Crippen LogP contribution in [-0.2, 0) is 0 Å². The zero-order valence-corrected chi connectivity index (χ0v) is 12.4. The lowest BCUT2D eigenvalue weighted by Gasteiger charge is -2.16. The fourth-order valence-electron chi connectivity index (χ4n) is 2.20. The first-order valence-electron chi connectivity index (χ1n) is 6.20. The van der Waals surface area contributed by atoms with Crippen molar-refractivity contribution in [1.29, 1.82) is 5.26 Å². The topological polar surface area (TPSA) is 66.1 Å². The Bertz CT molecular complexity index is 773. The Morgan fingerprint density at radius 1 is 1.41 bits per heavy atom. The standard InChI is InChI=1S/C15H11ClF2N2O2/c1-7(21)12-9(5-20-6-10(12)16)13-11(17)3-8(4-19)15(22-2)14(13)18/h3,5-7,21H,1-2H3. The third-order valence-electron chi connectivity index (χ3n) is 3.12. The summed E-state index contributed by atoms with van der Waals surface area (Å²) < 4.78 is 33.7. The first kappa shape index (κ1) is 16.1. The van der Waals surface area contributed by atoms with Gasteiger partial charge in [0.2, 0.25) is 0 Å². The molecule has 0 spiro atoms. The van der Waals surface area contributed by atoms with E-state index in [-0.39, 0.29) is 27.5 Å². The summed E-state index contributed by atoms with van der Waals surface area (Å²) in [4.78, 5) is 3.80. The van der Waals surface area contributed by atoms with Gasteiger partial charge in [-0.15, -0.1) is 0 Å². The minimum atomic E-state index is -1.06. The monoisotopic (exact) mass is 324 g/mol. The third kappa shape index (κ3) is 2.61. The van der Waals surface area contributed by atoms with Crippen LogP contribution in [0.4, 0.5) is 8.78 Å². The van der Waals surface area contributed by atoms with E-state index in [1.165, 1.54) is 26.4 Å². The van der Waals surface area contributed by atoms with Gasteiger partial charge in [0.1, 0.15) is 11.9 Å². The summed E-state index contributed by atoms with van der Waals surface area (Å²) in [6.45, 7) is 1.42.